The maximum Gasteiger partial charge on any atom is 0.0340 e. The fraction of sp³-hybridized carbons (Fsp3) is 0.385. The largest absolute Gasteiger partial charge is 0.356 e. The highest BCUT2D eigenvalue weighted by molar-refractivity contribution is 5.28. The van der Waals surface area contributed by atoms with Crippen molar-refractivity contribution in [3.63, 3.8) is 0 Å². The van der Waals surface area contributed by atoms with Gasteiger partial charge in [0.2, 0.25) is 0 Å². The van der Waals surface area contributed by atoms with E-state index < -0.39 is 0 Å². The summed E-state index contributed by atoms with van der Waals surface area (Å²) in [5.41, 5.74) is 2.38. The van der Waals surface area contributed by atoms with Crippen molar-refractivity contribution in [3.05, 3.63) is 47.9 Å². The second-order valence-corrected chi connectivity index (χ2v) is 3.32. The van der Waals surface area contributed by atoms with Gasteiger partial charge in [0, 0.05) is 11.4 Å². The quantitative estimate of drug-likeness (QED) is 0.665. The van der Waals surface area contributed by atoms with Gasteiger partial charge in [0.25, 0.3) is 0 Å². The Bertz CT molecular complexity index is 280. The molecule has 0 saturated heterocycles. The van der Waals surface area contributed by atoms with Crippen LogP contribution in [0.15, 0.2) is 47.9 Å². The lowest BCUT2D eigenvalue weighted by molar-refractivity contribution is 0.946. The van der Waals surface area contributed by atoms with E-state index in [1.54, 1.807) is 0 Å². The summed E-state index contributed by atoms with van der Waals surface area (Å²) >= 11 is 0. The molecule has 1 heteroatoms. The average molecular weight is 189 g/mol. The fourth-order valence-electron chi connectivity index (χ4n) is 1.33. The van der Waals surface area contributed by atoms with E-state index in [0.29, 0.717) is 0 Å². The third-order valence-corrected chi connectivity index (χ3v) is 2.13. The molecule has 0 fully saturated rings. The molecule has 0 unspecified atom stereocenters. The summed E-state index contributed by atoms with van der Waals surface area (Å²) in [6.45, 7) is 4.19. The zero-order chi connectivity index (χ0) is 10.2. The fourth-order valence-corrected chi connectivity index (χ4v) is 1.33. The minimum Gasteiger partial charge on any atom is -0.356 e. The van der Waals surface area contributed by atoms with E-state index in [1.165, 1.54) is 17.8 Å². The van der Waals surface area contributed by atoms with Crippen LogP contribution in [0.4, 0.5) is 0 Å². The van der Waals surface area contributed by atoms with Crippen LogP contribution in [0.25, 0.3) is 0 Å². The Morgan fingerprint density at radius 3 is 2.93 bits per heavy atom. The van der Waals surface area contributed by atoms with Crippen LogP contribution in [0.1, 0.15) is 33.1 Å². The number of allylic oxidation sites excluding steroid dienone is 6. The average Bonchev–Trinajstić information content (AvgIpc) is 2.25. The third-order valence-electron chi connectivity index (χ3n) is 2.13. The molecule has 1 N–H and O–H groups in total. The highest BCUT2D eigenvalue weighted by atomic mass is 14.9. The summed E-state index contributed by atoms with van der Waals surface area (Å²) in [5.74, 6) is 0. The van der Waals surface area contributed by atoms with Gasteiger partial charge in [-0.1, -0.05) is 31.2 Å². The summed E-state index contributed by atoms with van der Waals surface area (Å²) < 4.78 is 0. The molecule has 0 spiro atoms. The maximum atomic E-state index is 3.39. The van der Waals surface area contributed by atoms with Crippen molar-refractivity contribution in [1.29, 1.82) is 0 Å². The standard InChI is InChI=1S/C13H19N/c1-3-5-9-12(4-2)14-13-10-7-6-8-11-13/h4-5,7,9-11,14H,3,6,8H2,1-2H3/b9-5-,12-4+. The van der Waals surface area contributed by atoms with Crippen LogP contribution in [0.3, 0.4) is 0 Å². The first kappa shape index (κ1) is 10.8. The monoisotopic (exact) mass is 189 g/mol. The molecule has 0 aromatic heterocycles. The highest BCUT2D eigenvalue weighted by Crippen LogP contribution is 2.09. The first-order valence-electron chi connectivity index (χ1n) is 5.33. The predicted octanol–water partition coefficient (Wildman–Crippen LogP) is 3.68. The smallest absolute Gasteiger partial charge is 0.0340 e. The molecule has 0 amide bonds. The molecule has 0 heterocycles. The second kappa shape index (κ2) is 6.25. The van der Waals surface area contributed by atoms with Crippen molar-refractivity contribution in [2.75, 3.05) is 0 Å². The molecule has 1 rings (SSSR count). The van der Waals surface area contributed by atoms with Crippen LogP contribution in [-0.4, -0.2) is 0 Å². The predicted molar refractivity (Wildman–Crippen MR) is 62.8 cm³/mol. The van der Waals surface area contributed by atoms with Gasteiger partial charge in [-0.25, -0.2) is 0 Å². The Morgan fingerprint density at radius 2 is 2.36 bits per heavy atom. The minimum atomic E-state index is 1.08. The minimum absolute atomic E-state index is 1.08. The molecule has 1 aliphatic carbocycles. The van der Waals surface area contributed by atoms with Crippen LogP contribution in [-0.2, 0) is 0 Å². The number of nitrogens with one attached hydrogen (secondary N) is 1. The molecule has 0 aromatic rings. The summed E-state index contributed by atoms with van der Waals surface area (Å²) in [4.78, 5) is 0. The van der Waals surface area contributed by atoms with E-state index in [1.807, 2.05) is 0 Å². The SMILES string of the molecule is C/C=C(\C=C/CC)NC1=CCCC=C1. The zero-order valence-corrected chi connectivity index (χ0v) is 9.09. The Hall–Kier alpha value is -1.24. The normalized spacial score (nSPS) is 17.3. The van der Waals surface area contributed by atoms with Crippen LogP contribution < -0.4 is 5.32 Å². The third kappa shape index (κ3) is 3.65. The summed E-state index contributed by atoms with van der Waals surface area (Å²) in [5, 5.41) is 3.39. The van der Waals surface area contributed by atoms with Crippen molar-refractivity contribution in [1.82, 2.24) is 5.32 Å². The van der Waals surface area contributed by atoms with E-state index in [-0.39, 0.29) is 0 Å². The van der Waals surface area contributed by atoms with Gasteiger partial charge in [-0.15, -0.1) is 0 Å². The van der Waals surface area contributed by atoms with Gasteiger partial charge in [0.05, 0.1) is 0 Å². The Morgan fingerprint density at radius 1 is 1.50 bits per heavy atom. The molecule has 76 valence electrons. The summed E-state index contributed by atoms with van der Waals surface area (Å²) in [6, 6.07) is 0. The first-order valence-corrected chi connectivity index (χ1v) is 5.33. The number of hydrogen-bond acceptors (Lipinski definition) is 1. The molecule has 0 bridgehead atoms. The Labute approximate surface area is 86.9 Å². The van der Waals surface area contributed by atoms with E-state index in [9.17, 15) is 0 Å². The van der Waals surface area contributed by atoms with Crippen LogP contribution in [0.5, 0.6) is 0 Å². The number of rotatable bonds is 4. The summed E-state index contributed by atoms with van der Waals surface area (Å²) in [6.07, 6.45) is 16.4. The van der Waals surface area contributed by atoms with E-state index in [4.69, 9.17) is 0 Å². The Balaban J connectivity index is 2.52. The lowest BCUT2D eigenvalue weighted by Gasteiger charge is -2.10. The van der Waals surface area contributed by atoms with Crippen molar-refractivity contribution in [2.24, 2.45) is 0 Å². The van der Waals surface area contributed by atoms with Gasteiger partial charge in [0.1, 0.15) is 0 Å². The van der Waals surface area contributed by atoms with Crippen LogP contribution in [0.2, 0.25) is 0 Å². The van der Waals surface area contributed by atoms with Gasteiger partial charge in [-0.05, 0) is 38.3 Å². The molecule has 1 nitrogen and oxygen atoms in total. The van der Waals surface area contributed by atoms with Gasteiger partial charge < -0.3 is 5.32 Å². The highest BCUT2D eigenvalue weighted by Gasteiger charge is 1.96. The van der Waals surface area contributed by atoms with E-state index >= 15 is 0 Å². The molecule has 14 heavy (non-hydrogen) atoms. The topological polar surface area (TPSA) is 12.0 Å². The van der Waals surface area contributed by atoms with Crippen molar-refractivity contribution >= 4 is 0 Å². The van der Waals surface area contributed by atoms with Crippen molar-refractivity contribution < 1.29 is 0 Å². The molecule has 1 aliphatic rings. The van der Waals surface area contributed by atoms with Gasteiger partial charge >= 0.3 is 0 Å². The van der Waals surface area contributed by atoms with E-state index in [2.05, 4.69) is 55.6 Å². The lowest BCUT2D eigenvalue weighted by Crippen LogP contribution is -2.10. The van der Waals surface area contributed by atoms with Gasteiger partial charge in [-0.3, -0.25) is 0 Å². The summed E-state index contributed by atoms with van der Waals surface area (Å²) in [7, 11) is 0. The number of hydrogen-bond donors (Lipinski definition) is 1. The molecule has 0 aromatic carbocycles. The first-order chi connectivity index (χ1) is 6.86. The van der Waals surface area contributed by atoms with Gasteiger partial charge in [0.15, 0.2) is 0 Å². The van der Waals surface area contributed by atoms with Crippen molar-refractivity contribution in [3.8, 4) is 0 Å². The molecular formula is C13H19N. The maximum absolute atomic E-state index is 3.39. The molecule has 0 radical (unpaired) electrons. The molecule has 0 aliphatic heterocycles. The second-order valence-electron chi connectivity index (χ2n) is 3.32. The molecule has 0 atom stereocenters. The van der Waals surface area contributed by atoms with Gasteiger partial charge in [-0.2, -0.15) is 0 Å². The van der Waals surface area contributed by atoms with Crippen molar-refractivity contribution in [2.45, 2.75) is 33.1 Å². The van der Waals surface area contributed by atoms with Crippen LogP contribution >= 0.6 is 0 Å². The molecule has 0 saturated carbocycles. The van der Waals surface area contributed by atoms with E-state index in [0.717, 1.165) is 12.8 Å². The molecular weight excluding hydrogens is 170 g/mol. The van der Waals surface area contributed by atoms with Crippen LogP contribution in [0, 0.1) is 0 Å². The zero-order valence-electron chi connectivity index (χ0n) is 9.09. The lowest BCUT2D eigenvalue weighted by atomic mass is 10.1. The Kier molecular flexibility index (Phi) is 4.84.